The predicted octanol–water partition coefficient (Wildman–Crippen LogP) is 2.04. The summed E-state index contributed by atoms with van der Waals surface area (Å²) in [6, 6.07) is 0.624. The van der Waals surface area contributed by atoms with Crippen LogP contribution in [0.4, 0.5) is 0 Å². The van der Waals surface area contributed by atoms with Crippen LogP contribution in [0.15, 0.2) is 0 Å². The van der Waals surface area contributed by atoms with Crippen molar-refractivity contribution in [3.05, 3.63) is 0 Å². The fraction of sp³-hybridized carbons (Fsp3) is 1.00. The van der Waals surface area contributed by atoms with Crippen LogP contribution < -0.4 is 5.32 Å². The van der Waals surface area contributed by atoms with E-state index in [2.05, 4.69) is 24.3 Å². The van der Waals surface area contributed by atoms with Gasteiger partial charge in [-0.25, -0.2) is 0 Å². The Labute approximate surface area is 124 Å². The van der Waals surface area contributed by atoms with Crippen molar-refractivity contribution in [3.63, 3.8) is 0 Å². The minimum absolute atomic E-state index is 0.208. The molecular formula is C16H32N2O2. The molecule has 0 amide bonds. The van der Waals surface area contributed by atoms with Crippen molar-refractivity contribution in [2.45, 2.75) is 56.6 Å². The summed E-state index contributed by atoms with van der Waals surface area (Å²) in [6.07, 6.45) is 8.98. The van der Waals surface area contributed by atoms with Crippen molar-refractivity contribution in [1.82, 2.24) is 10.2 Å². The molecule has 0 aromatic rings. The van der Waals surface area contributed by atoms with Gasteiger partial charge >= 0.3 is 0 Å². The van der Waals surface area contributed by atoms with E-state index in [0.29, 0.717) is 6.04 Å². The topological polar surface area (TPSA) is 33.7 Å². The Hall–Kier alpha value is -0.160. The zero-order chi connectivity index (χ0) is 14.3. The van der Waals surface area contributed by atoms with Crippen LogP contribution in [0.5, 0.6) is 0 Å². The minimum Gasteiger partial charge on any atom is -0.379 e. The van der Waals surface area contributed by atoms with Gasteiger partial charge in [-0.2, -0.15) is 0 Å². The molecule has 4 nitrogen and oxygen atoms in total. The van der Waals surface area contributed by atoms with Gasteiger partial charge in [-0.05, 0) is 39.8 Å². The number of hydrogen-bond acceptors (Lipinski definition) is 4. The molecular weight excluding hydrogens is 252 g/mol. The molecule has 2 rings (SSSR count). The van der Waals surface area contributed by atoms with Gasteiger partial charge in [0.2, 0.25) is 0 Å². The van der Waals surface area contributed by atoms with Gasteiger partial charge in [0.1, 0.15) is 0 Å². The van der Waals surface area contributed by atoms with Gasteiger partial charge in [-0.15, -0.1) is 0 Å². The predicted molar refractivity (Wildman–Crippen MR) is 82.2 cm³/mol. The van der Waals surface area contributed by atoms with Crippen LogP contribution in [-0.4, -0.2) is 63.5 Å². The lowest BCUT2D eigenvalue weighted by Gasteiger charge is -2.43. The van der Waals surface area contributed by atoms with Crippen molar-refractivity contribution >= 4 is 0 Å². The minimum atomic E-state index is 0.208. The van der Waals surface area contributed by atoms with E-state index in [4.69, 9.17) is 9.47 Å². The molecule has 118 valence electrons. The number of hydrogen-bond donors (Lipinski definition) is 1. The van der Waals surface area contributed by atoms with E-state index in [1.165, 1.54) is 38.5 Å². The zero-order valence-electron chi connectivity index (χ0n) is 13.3. The summed E-state index contributed by atoms with van der Waals surface area (Å²) < 4.78 is 11.8. The molecule has 1 aliphatic heterocycles. The van der Waals surface area contributed by atoms with Crippen LogP contribution >= 0.6 is 0 Å². The molecule has 0 radical (unpaired) electrons. The summed E-state index contributed by atoms with van der Waals surface area (Å²) in [5, 5.41) is 3.66. The summed E-state index contributed by atoms with van der Waals surface area (Å²) in [4.78, 5) is 2.15. The Morgan fingerprint density at radius 2 is 2.00 bits per heavy atom. The van der Waals surface area contributed by atoms with E-state index < -0.39 is 0 Å². The Kier molecular flexibility index (Phi) is 6.75. The quantitative estimate of drug-likeness (QED) is 0.725. The fourth-order valence-electron chi connectivity index (χ4n) is 3.43. The normalized spacial score (nSPS) is 26.2. The molecule has 4 heteroatoms. The maximum absolute atomic E-state index is 6.13. The molecule has 0 aromatic heterocycles. The van der Waals surface area contributed by atoms with Gasteiger partial charge in [0.25, 0.3) is 0 Å². The summed E-state index contributed by atoms with van der Waals surface area (Å²) in [5.74, 6) is 0. The van der Waals surface area contributed by atoms with Crippen LogP contribution in [0.3, 0.4) is 0 Å². The molecule has 1 N–H and O–H groups in total. The molecule has 1 heterocycles. The first-order valence-corrected chi connectivity index (χ1v) is 8.30. The van der Waals surface area contributed by atoms with Crippen molar-refractivity contribution in [2.24, 2.45) is 0 Å². The Morgan fingerprint density at radius 1 is 1.20 bits per heavy atom. The first-order chi connectivity index (χ1) is 9.70. The molecule has 0 aromatic carbocycles. The van der Waals surface area contributed by atoms with Gasteiger partial charge < -0.3 is 19.7 Å². The zero-order valence-corrected chi connectivity index (χ0v) is 13.3. The number of rotatable bonds is 7. The van der Waals surface area contributed by atoms with Gasteiger partial charge in [-0.3, -0.25) is 0 Å². The smallest absolute Gasteiger partial charge is 0.0697 e. The Balaban J connectivity index is 1.58. The third kappa shape index (κ3) is 5.32. The molecule has 2 aliphatic rings. The Bertz CT molecular complexity index is 260. The average molecular weight is 284 g/mol. The lowest BCUT2D eigenvalue weighted by Crippen LogP contribution is -2.48. The first kappa shape index (κ1) is 16.2. The molecule has 2 fully saturated rings. The molecule has 1 spiro atoms. The van der Waals surface area contributed by atoms with E-state index in [0.717, 1.165) is 39.3 Å². The maximum Gasteiger partial charge on any atom is 0.0697 e. The maximum atomic E-state index is 6.13. The first-order valence-electron chi connectivity index (χ1n) is 8.30. The van der Waals surface area contributed by atoms with Crippen molar-refractivity contribution in [1.29, 1.82) is 0 Å². The van der Waals surface area contributed by atoms with Gasteiger partial charge in [0.05, 0.1) is 18.8 Å². The van der Waals surface area contributed by atoms with Gasteiger partial charge in [0, 0.05) is 25.7 Å². The molecule has 1 saturated heterocycles. The van der Waals surface area contributed by atoms with E-state index in [9.17, 15) is 0 Å². The van der Waals surface area contributed by atoms with E-state index in [1.54, 1.807) is 0 Å². The molecule has 1 saturated carbocycles. The third-order valence-corrected chi connectivity index (χ3v) is 4.62. The number of ether oxygens (including phenoxy) is 2. The SMILES string of the molecule is CN(C)CCOCCNC1CCOC2(CCCCC2)C1. The second kappa shape index (κ2) is 8.32. The average Bonchev–Trinajstić information content (AvgIpc) is 2.43. The molecule has 1 unspecified atom stereocenters. The number of nitrogens with zero attached hydrogens (tertiary/aromatic N) is 1. The molecule has 20 heavy (non-hydrogen) atoms. The van der Waals surface area contributed by atoms with Crippen LogP contribution in [0, 0.1) is 0 Å². The largest absolute Gasteiger partial charge is 0.379 e. The summed E-state index contributed by atoms with van der Waals surface area (Å²) in [5.41, 5.74) is 0.208. The van der Waals surface area contributed by atoms with Crippen molar-refractivity contribution < 1.29 is 9.47 Å². The highest BCUT2D eigenvalue weighted by Gasteiger charge is 2.38. The summed E-state index contributed by atoms with van der Waals surface area (Å²) in [6.45, 7) is 4.54. The van der Waals surface area contributed by atoms with Crippen LogP contribution in [0.1, 0.15) is 44.9 Å². The van der Waals surface area contributed by atoms with Crippen molar-refractivity contribution in [2.75, 3.05) is 47.0 Å². The lowest BCUT2D eigenvalue weighted by molar-refractivity contribution is -0.109. The van der Waals surface area contributed by atoms with Crippen molar-refractivity contribution in [3.8, 4) is 0 Å². The molecule has 1 aliphatic carbocycles. The van der Waals surface area contributed by atoms with E-state index in [-0.39, 0.29) is 5.60 Å². The summed E-state index contributed by atoms with van der Waals surface area (Å²) in [7, 11) is 4.15. The molecule has 0 bridgehead atoms. The lowest BCUT2D eigenvalue weighted by atomic mass is 9.78. The number of likely N-dealkylation sites (N-methyl/N-ethyl adjacent to an activating group) is 1. The Morgan fingerprint density at radius 3 is 2.75 bits per heavy atom. The molecule has 1 atom stereocenters. The van der Waals surface area contributed by atoms with Crippen LogP contribution in [0.2, 0.25) is 0 Å². The highest BCUT2D eigenvalue weighted by Crippen LogP contribution is 2.38. The fourth-order valence-corrected chi connectivity index (χ4v) is 3.43. The highest BCUT2D eigenvalue weighted by atomic mass is 16.5. The third-order valence-electron chi connectivity index (χ3n) is 4.62. The number of nitrogens with one attached hydrogen (secondary N) is 1. The van der Waals surface area contributed by atoms with Gasteiger partial charge in [0.15, 0.2) is 0 Å². The van der Waals surface area contributed by atoms with Crippen LogP contribution in [-0.2, 0) is 9.47 Å². The van der Waals surface area contributed by atoms with E-state index >= 15 is 0 Å². The van der Waals surface area contributed by atoms with Gasteiger partial charge in [-0.1, -0.05) is 19.3 Å². The standard InChI is InChI=1S/C16H32N2O2/c1-18(2)10-13-19-12-9-17-15-6-11-20-16(14-15)7-4-3-5-8-16/h15,17H,3-14H2,1-2H3. The second-order valence-corrected chi connectivity index (χ2v) is 6.65. The summed E-state index contributed by atoms with van der Waals surface area (Å²) >= 11 is 0. The highest BCUT2D eigenvalue weighted by molar-refractivity contribution is 4.91. The second-order valence-electron chi connectivity index (χ2n) is 6.65. The van der Waals surface area contributed by atoms with Crippen LogP contribution in [0.25, 0.3) is 0 Å². The van der Waals surface area contributed by atoms with E-state index in [1.807, 2.05) is 0 Å². The monoisotopic (exact) mass is 284 g/mol.